The molecule has 6 nitrogen and oxygen atoms in total. The number of nitrogens with one attached hydrogen (secondary N) is 1. The van der Waals surface area contributed by atoms with Gasteiger partial charge < -0.3 is 10.4 Å². The molecule has 6 heteroatoms. The minimum Gasteiger partial charge on any atom is -0.396 e. The van der Waals surface area contributed by atoms with Crippen molar-refractivity contribution in [3.05, 3.63) is 32.6 Å². The summed E-state index contributed by atoms with van der Waals surface area (Å²) in [5.74, 6) is 0. The number of aliphatic hydroxyl groups excluding tert-OH is 1. The average Bonchev–Trinajstić information content (AvgIpc) is 2.37. The van der Waals surface area contributed by atoms with Crippen LogP contribution in [0.2, 0.25) is 0 Å². The van der Waals surface area contributed by atoms with Crippen molar-refractivity contribution in [2.45, 2.75) is 32.4 Å². The first-order valence-electron chi connectivity index (χ1n) is 6.11. The van der Waals surface area contributed by atoms with E-state index in [-0.39, 0.29) is 23.9 Å². The van der Waals surface area contributed by atoms with E-state index in [1.807, 2.05) is 6.92 Å². The Balaban J connectivity index is 2.86. The molecule has 1 aromatic heterocycles. The van der Waals surface area contributed by atoms with E-state index in [0.717, 1.165) is 11.0 Å². The zero-order valence-corrected chi connectivity index (χ0v) is 11.1. The predicted octanol–water partition coefficient (Wildman–Crippen LogP) is -0.665. The van der Waals surface area contributed by atoms with Gasteiger partial charge in [-0.25, -0.2) is 4.79 Å². The molecule has 0 saturated carbocycles. The summed E-state index contributed by atoms with van der Waals surface area (Å²) in [5.41, 5.74) is 0.0269. The molecule has 1 aromatic rings. The summed E-state index contributed by atoms with van der Waals surface area (Å²) >= 11 is 0. The molecule has 1 heterocycles. The van der Waals surface area contributed by atoms with Crippen molar-refractivity contribution in [2.24, 2.45) is 14.1 Å². The third-order valence-electron chi connectivity index (χ3n) is 3.17. The summed E-state index contributed by atoms with van der Waals surface area (Å²) < 4.78 is 2.54. The van der Waals surface area contributed by atoms with E-state index < -0.39 is 0 Å². The zero-order chi connectivity index (χ0) is 13.7. The van der Waals surface area contributed by atoms with Crippen LogP contribution in [0.5, 0.6) is 0 Å². The SMILES string of the molecule is CCC(CCO)NCc1cc(=O)n(C)c(=O)n1C. The molecule has 0 aromatic carbocycles. The van der Waals surface area contributed by atoms with E-state index in [2.05, 4.69) is 5.32 Å². The van der Waals surface area contributed by atoms with Crippen molar-refractivity contribution in [1.29, 1.82) is 0 Å². The van der Waals surface area contributed by atoms with Gasteiger partial charge in [0.2, 0.25) is 0 Å². The summed E-state index contributed by atoms with van der Waals surface area (Å²) in [6, 6.07) is 1.65. The first-order valence-corrected chi connectivity index (χ1v) is 6.11. The van der Waals surface area contributed by atoms with Gasteiger partial charge in [0.15, 0.2) is 0 Å². The standard InChI is InChI=1S/C12H21N3O3/c1-4-9(5-6-16)13-8-10-7-11(17)15(3)12(18)14(10)2/h7,9,13,16H,4-6,8H2,1-3H3. The van der Waals surface area contributed by atoms with Gasteiger partial charge in [0.25, 0.3) is 5.56 Å². The number of nitrogens with zero attached hydrogens (tertiary/aromatic N) is 2. The first-order chi connectivity index (χ1) is 8.51. The number of hydrogen-bond donors (Lipinski definition) is 2. The molecular weight excluding hydrogens is 234 g/mol. The number of rotatable bonds is 6. The van der Waals surface area contributed by atoms with Crippen LogP contribution in [-0.4, -0.2) is 26.9 Å². The smallest absolute Gasteiger partial charge is 0.330 e. The monoisotopic (exact) mass is 255 g/mol. The summed E-state index contributed by atoms with van der Waals surface area (Å²) in [6.45, 7) is 2.59. The lowest BCUT2D eigenvalue weighted by Gasteiger charge is -2.17. The van der Waals surface area contributed by atoms with E-state index in [1.165, 1.54) is 17.7 Å². The Morgan fingerprint density at radius 2 is 2.00 bits per heavy atom. The van der Waals surface area contributed by atoms with Crippen LogP contribution < -0.4 is 16.6 Å². The molecule has 0 amide bonds. The van der Waals surface area contributed by atoms with Crippen LogP contribution in [0, 0.1) is 0 Å². The van der Waals surface area contributed by atoms with Crippen LogP contribution in [0.15, 0.2) is 15.7 Å². The van der Waals surface area contributed by atoms with Crippen LogP contribution in [0.3, 0.4) is 0 Å². The van der Waals surface area contributed by atoms with E-state index in [4.69, 9.17) is 5.11 Å². The van der Waals surface area contributed by atoms with Gasteiger partial charge in [0, 0.05) is 45.0 Å². The van der Waals surface area contributed by atoms with Crippen LogP contribution in [-0.2, 0) is 20.6 Å². The maximum absolute atomic E-state index is 11.7. The molecular formula is C12H21N3O3. The fraction of sp³-hybridized carbons (Fsp3) is 0.667. The lowest BCUT2D eigenvalue weighted by Crippen LogP contribution is -2.40. The Labute approximate surface area is 106 Å². The third kappa shape index (κ3) is 3.30. The quantitative estimate of drug-likeness (QED) is 0.707. The van der Waals surface area contributed by atoms with Crippen LogP contribution in [0.1, 0.15) is 25.5 Å². The fourth-order valence-corrected chi connectivity index (χ4v) is 1.80. The molecule has 18 heavy (non-hydrogen) atoms. The van der Waals surface area contributed by atoms with Crippen molar-refractivity contribution in [1.82, 2.24) is 14.5 Å². The van der Waals surface area contributed by atoms with Gasteiger partial charge in [0.1, 0.15) is 0 Å². The second-order valence-corrected chi connectivity index (χ2v) is 4.37. The van der Waals surface area contributed by atoms with Gasteiger partial charge in [-0.05, 0) is 12.8 Å². The number of hydrogen-bond acceptors (Lipinski definition) is 4. The van der Waals surface area contributed by atoms with Gasteiger partial charge in [-0.15, -0.1) is 0 Å². The van der Waals surface area contributed by atoms with E-state index >= 15 is 0 Å². The predicted molar refractivity (Wildman–Crippen MR) is 69.5 cm³/mol. The molecule has 0 aliphatic heterocycles. The molecule has 2 N–H and O–H groups in total. The van der Waals surface area contributed by atoms with E-state index in [9.17, 15) is 9.59 Å². The second-order valence-electron chi connectivity index (χ2n) is 4.37. The Morgan fingerprint density at radius 3 is 2.56 bits per heavy atom. The normalized spacial score (nSPS) is 12.7. The van der Waals surface area contributed by atoms with Crippen LogP contribution in [0.25, 0.3) is 0 Å². The molecule has 102 valence electrons. The molecule has 1 unspecified atom stereocenters. The average molecular weight is 255 g/mol. The molecule has 0 saturated heterocycles. The summed E-state index contributed by atoms with van der Waals surface area (Å²) in [5, 5.41) is 12.1. The molecule has 0 fully saturated rings. The van der Waals surface area contributed by atoms with Gasteiger partial charge in [-0.3, -0.25) is 13.9 Å². The maximum atomic E-state index is 11.7. The fourth-order valence-electron chi connectivity index (χ4n) is 1.80. The molecule has 1 atom stereocenters. The van der Waals surface area contributed by atoms with Crippen molar-refractivity contribution < 1.29 is 5.11 Å². The lowest BCUT2D eigenvalue weighted by atomic mass is 10.1. The third-order valence-corrected chi connectivity index (χ3v) is 3.17. The Morgan fingerprint density at radius 1 is 1.33 bits per heavy atom. The highest BCUT2D eigenvalue weighted by Crippen LogP contribution is 1.99. The topological polar surface area (TPSA) is 76.3 Å². The first kappa shape index (κ1) is 14.7. The molecule has 1 rings (SSSR count). The van der Waals surface area contributed by atoms with Gasteiger partial charge in [-0.1, -0.05) is 6.92 Å². The van der Waals surface area contributed by atoms with Crippen molar-refractivity contribution >= 4 is 0 Å². The Kier molecular flexibility index (Phi) is 5.30. The maximum Gasteiger partial charge on any atom is 0.330 e. The zero-order valence-electron chi connectivity index (χ0n) is 11.1. The van der Waals surface area contributed by atoms with Crippen molar-refractivity contribution in [2.75, 3.05) is 6.61 Å². The Hall–Kier alpha value is -1.40. The summed E-state index contributed by atoms with van der Waals surface area (Å²) in [7, 11) is 3.11. The van der Waals surface area contributed by atoms with Crippen molar-refractivity contribution in [3.63, 3.8) is 0 Å². The lowest BCUT2D eigenvalue weighted by molar-refractivity contribution is 0.261. The van der Waals surface area contributed by atoms with Crippen LogP contribution in [0.4, 0.5) is 0 Å². The van der Waals surface area contributed by atoms with Crippen molar-refractivity contribution in [3.8, 4) is 0 Å². The highest BCUT2D eigenvalue weighted by Gasteiger charge is 2.08. The second kappa shape index (κ2) is 6.51. The summed E-state index contributed by atoms with van der Waals surface area (Å²) in [4.78, 5) is 23.2. The molecule has 0 aliphatic carbocycles. The minimum atomic E-state index is -0.325. The minimum absolute atomic E-state index is 0.126. The van der Waals surface area contributed by atoms with Gasteiger partial charge in [0.05, 0.1) is 0 Å². The largest absolute Gasteiger partial charge is 0.396 e. The number of aromatic nitrogens is 2. The van der Waals surface area contributed by atoms with Crippen LogP contribution >= 0.6 is 0 Å². The number of aliphatic hydroxyl groups is 1. The molecule has 0 aliphatic rings. The molecule has 0 bridgehead atoms. The van der Waals surface area contributed by atoms with Gasteiger partial charge in [-0.2, -0.15) is 0 Å². The molecule has 0 spiro atoms. The molecule has 0 radical (unpaired) electrons. The highest BCUT2D eigenvalue weighted by molar-refractivity contribution is 5.02. The van der Waals surface area contributed by atoms with E-state index in [0.29, 0.717) is 18.7 Å². The van der Waals surface area contributed by atoms with E-state index in [1.54, 1.807) is 7.05 Å². The summed E-state index contributed by atoms with van der Waals surface area (Å²) in [6.07, 6.45) is 1.55. The highest BCUT2D eigenvalue weighted by atomic mass is 16.3. The van der Waals surface area contributed by atoms with Gasteiger partial charge >= 0.3 is 5.69 Å². The Bertz CT molecular complexity index is 504.